The number of likely N-dealkylation sites (tertiary alicyclic amines) is 1. The van der Waals surface area contributed by atoms with Crippen LogP contribution in [0.4, 0.5) is 0 Å². The second-order valence-electron chi connectivity index (χ2n) is 6.20. The van der Waals surface area contributed by atoms with Gasteiger partial charge in [0.2, 0.25) is 5.89 Å². The summed E-state index contributed by atoms with van der Waals surface area (Å²) < 4.78 is 4.97. The van der Waals surface area contributed by atoms with Crippen LogP contribution in [0.25, 0.3) is 0 Å². The molecule has 23 heavy (non-hydrogen) atoms. The topological polar surface area (TPSA) is 78.6 Å². The zero-order valence-corrected chi connectivity index (χ0v) is 17.0. The normalized spacial score (nSPS) is 22.3. The van der Waals surface area contributed by atoms with Gasteiger partial charge in [0, 0.05) is 38.6 Å². The Labute approximate surface area is 155 Å². The molecule has 0 aromatic carbocycles. The lowest BCUT2D eigenvalue weighted by Gasteiger charge is -2.21. The minimum atomic E-state index is 0. The van der Waals surface area contributed by atoms with Gasteiger partial charge in [-0.15, -0.1) is 24.0 Å². The zero-order chi connectivity index (χ0) is 16.1. The minimum absolute atomic E-state index is 0. The lowest BCUT2D eigenvalue weighted by molar-refractivity contribution is 0.265. The Morgan fingerprint density at radius 1 is 1.43 bits per heavy atom. The predicted octanol–water partition coefficient (Wildman–Crippen LogP) is 1.78. The third-order valence-corrected chi connectivity index (χ3v) is 3.99. The van der Waals surface area contributed by atoms with Gasteiger partial charge in [0.1, 0.15) is 6.54 Å². The molecule has 0 saturated carbocycles. The van der Waals surface area contributed by atoms with Crippen LogP contribution in [-0.4, -0.2) is 52.7 Å². The van der Waals surface area contributed by atoms with E-state index in [1.54, 1.807) is 6.92 Å². The van der Waals surface area contributed by atoms with Crippen LogP contribution in [-0.2, 0) is 6.54 Å². The number of nitrogens with zero attached hydrogens (tertiary/aromatic N) is 4. The van der Waals surface area contributed by atoms with Crippen molar-refractivity contribution in [3.05, 3.63) is 11.7 Å². The number of halogens is 1. The number of hydrogen-bond acceptors (Lipinski definition) is 5. The molecule has 1 aromatic rings. The van der Waals surface area contributed by atoms with Gasteiger partial charge in [-0.05, 0) is 26.7 Å². The summed E-state index contributed by atoms with van der Waals surface area (Å²) in [7, 11) is 0. The number of nitrogens with one attached hydrogen (secondary N) is 2. The Balaban J connectivity index is 0.00000264. The molecule has 1 fully saturated rings. The van der Waals surface area contributed by atoms with E-state index in [2.05, 4.69) is 58.4 Å². The first-order chi connectivity index (χ1) is 10.5. The van der Waals surface area contributed by atoms with Crippen molar-refractivity contribution in [1.82, 2.24) is 25.7 Å². The van der Waals surface area contributed by atoms with E-state index in [1.165, 1.54) is 0 Å². The van der Waals surface area contributed by atoms with Gasteiger partial charge in [-0.25, -0.2) is 4.99 Å². The standard InChI is InChI=1S/C15H28N6O.HI/c1-6-16-15(17-7-14-18-12(5)22-20-14)19-13-9-21(10(2)3)8-11(13)4;/h10-11,13H,6-9H2,1-5H3,(H2,16,17,19);1H. The molecule has 0 spiro atoms. The van der Waals surface area contributed by atoms with Crippen LogP contribution in [0.2, 0.25) is 0 Å². The molecular formula is C15H29IN6O. The van der Waals surface area contributed by atoms with Crippen LogP contribution in [0.5, 0.6) is 0 Å². The van der Waals surface area contributed by atoms with E-state index in [9.17, 15) is 0 Å². The van der Waals surface area contributed by atoms with Crippen molar-refractivity contribution < 1.29 is 4.52 Å². The predicted molar refractivity (Wildman–Crippen MR) is 102 cm³/mol. The summed E-state index contributed by atoms with van der Waals surface area (Å²) in [4.78, 5) is 11.2. The van der Waals surface area contributed by atoms with Crippen molar-refractivity contribution in [2.24, 2.45) is 10.9 Å². The first-order valence-corrected chi connectivity index (χ1v) is 8.07. The summed E-state index contributed by atoms with van der Waals surface area (Å²) >= 11 is 0. The fraction of sp³-hybridized carbons (Fsp3) is 0.800. The Morgan fingerprint density at radius 3 is 2.70 bits per heavy atom. The van der Waals surface area contributed by atoms with Gasteiger partial charge in [0.15, 0.2) is 11.8 Å². The second kappa shape index (κ2) is 9.41. The van der Waals surface area contributed by atoms with Crippen molar-refractivity contribution in [3.63, 3.8) is 0 Å². The molecule has 1 saturated heterocycles. The molecule has 0 aliphatic carbocycles. The van der Waals surface area contributed by atoms with Crippen LogP contribution >= 0.6 is 24.0 Å². The fourth-order valence-electron chi connectivity index (χ4n) is 2.66. The first-order valence-electron chi connectivity index (χ1n) is 8.07. The summed E-state index contributed by atoms with van der Waals surface area (Å²) in [5.74, 6) is 2.59. The lowest BCUT2D eigenvalue weighted by Crippen LogP contribution is -2.46. The highest BCUT2D eigenvalue weighted by Gasteiger charge is 2.31. The molecule has 0 bridgehead atoms. The molecule has 1 aliphatic heterocycles. The first kappa shape index (κ1) is 20.1. The maximum absolute atomic E-state index is 4.97. The van der Waals surface area contributed by atoms with Crippen molar-refractivity contribution in [3.8, 4) is 0 Å². The van der Waals surface area contributed by atoms with Crippen molar-refractivity contribution in [2.45, 2.75) is 53.2 Å². The van der Waals surface area contributed by atoms with Crippen molar-refractivity contribution in [2.75, 3.05) is 19.6 Å². The molecule has 7 nitrogen and oxygen atoms in total. The highest BCUT2D eigenvalue weighted by molar-refractivity contribution is 14.0. The quantitative estimate of drug-likeness (QED) is 0.416. The Bertz CT molecular complexity index is 504. The average molecular weight is 436 g/mol. The monoisotopic (exact) mass is 436 g/mol. The smallest absolute Gasteiger partial charge is 0.223 e. The van der Waals surface area contributed by atoms with Crippen LogP contribution in [0.1, 0.15) is 39.4 Å². The molecule has 2 heterocycles. The van der Waals surface area contributed by atoms with Gasteiger partial charge in [-0.1, -0.05) is 12.1 Å². The number of aromatic nitrogens is 2. The Hall–Kier alpha value is -0.900. The molecular weight excluding hydrogens is 407 g/mol. The van der Waals surface area contributed by atoms with E-state index in [4.69, 9.17) is 4.52 Å². The number of guanidine groups is 1. The van der Waals surface area contributed by atoms with Gasteiger partial charge < -0.3 is 15.2 Å². The zero-order valence-electron chi connectivity index (χ0n) is 14.7. The van der Waals surface area contributed by atoms with Crippen LogP contribution in [0.3, 0.4) is 0 Å². The minimum Gasteiger partial charge on any atom is -0.357 e. The number of rotatable bonds is 5. The molecule has 1 aliphatic rings. The highest BCUT2D eigenvalue weighted by atomic mass is 127. The fourth-order valence-corrected chi connectivity index (χ4v) is 2.66. The molecule has 132 valence electrons. The molecule has 2 N–H and O–H groups in total. The number of hydrogen-bond donors (Lipinski definition) is 2. The van der Waals surface area contributed by atoms with Crippen LogP contribution in [0, 0.1) is 12.8 Å². The maximum atomic E-state index is 4.97. The van der Waals surface area contributed by atoms with Gasteiger partial charge in [-0.3, -0.25) is 4.90 Å². The van der Waals surface area contributed by atoms with E-state index >= 15 is 0 Å². The van der Waals surface area contributed by atoms with Gasteiger partial charge in [-0.2, -0.15) is 4.98 Å². The average Bonchev–Trinajstić information content (AvgIpc) is 3.03. The SMILES string of the molecule is CCNC(=NCc1noc(C)n1)NC1CN(C(C)C)CC1C.I. The molecule has 8 heteroatoms. The number of aliphatic imine (C=N–C) groups is 1. The maximum Gasteiger partial charge on any atom is 0.223 e. The lowest BCUT2D eigenvalue weighted by atomic mass is 10.1. The van der Waals surface area contributed by atoms with Gasteiger partial charge >= 0.3 is 0 Å². The van der Waals surface area contributed by atoms with Crippen LogP contribution < -0.4 is 10.6 Å². The third kappa shape index (κ3) is 5.91. The molecule has 2 unspecified atom stereocenters. The van der Waals surface area contributed by atoms with Crippen molar-refractivity contribution in [1.29, 1.82) is 0 Å². The van der Waals surface area contributed by atoms with E-state index < -0.39 is 0 Å². The van der Waals surface area contributed by atoms with Crippen LogP contribution in [0.15, 0.2) is 9.52 Å². The summed E-state index contributed by atoms with van der Waals surface area (Å²) in [5, 5.41) is 10.7. The third-order valence-electron chi connectivity index (χ3n) is 3.99. The summed E-state index contributed by atoms with van der Waals surface area (Å²) in [5.41, 5.74) is 0. The summed E-state index contributed by atoms with van der Waals surface area (Å²) in [6.45, 7) is 14.0. The summed E-state index contributed by atoms with van der Waals surface area (Å²) in [6.07, 6.45) is 0. The van der Waals surface area contributed by atoms with E-state index in [0.29, 0.717) is 36.3 Å². The Morgan fingerprint density at radius 2 is 2.17 bits per heavy atom. The van der Waals surface area contributed by atoms with E-state index in [0.717, 1.165) is 25.6 Å². The van der Waals surface area contributed by atoms with Gasteiger partial charge in [0.05, 0.1) is 0 Å². The molecule has 2 atom stereocenters. The second-order valence-corrected chi connectivity index (χ2v) is 6.20. The highest BCUT2D eigenvalue weighted by Crippen LogP contribution is 2.18. The molecule has 2 rings (SSSR count). The van der Waals surface area contributed by atoms with E-state index in [1.807, 2.05) is 0 Å². The molecule has 0 amide bonds. The molecule has 1 aromatic heterocycles. The summed E-state index contributed by atoms with van der Waals surface area (Å²) in [6, 6.07) is 0.989. The largest absolute Gasteiger partial charge is 0.357 e. The van der Waals surface area contributed by atoms with Crippen molar-refractivity contribution >= 4 is 29.9 Å². The molecule has 0 radical (unpaired) electrons. The Kier molecular flexibility index (Phi) is 8.24. The van der Waals surface area contributed by atoms with E-state index in [-0.39, 0.29) is 24.0 Å². The number of aryl methyl sites for hydroxylation is 1. The van der Waals surface area contributed by atoms with Gasteiger partial charge in [0.25, 0.3) is 0 Å².